The Labute approximate surface area is 118 Å². The van der Waals surface area contributed by atoms with Crippen molar-refractivity contribution in [2.45, 2.75) is 19.5 Å². The van der Waals surface area contributed by atoms with Crippen molar-refractivity contribution in [3.05, 3.63) is 41.9 Å². The Bertz CT molecular complexity index is 588. The van der Waals surface area contributed by atoms with Crippen LogP contribution in [-0.2, 0) is 18.3 Å². The summed E-state index contributed by atoms with van der Waals surface area (Å²) >= 11 is 0. The van der Waals surface area contributed by atoms with Gasteiger partial charge in [0, 0.05) is 19.4 Å². The maximum Gasteiger partial charge on any atom is 0.373 e. The molecule has 0 N–H and O–H groups in total. The fourth-order valence-corrected chi connectivity index (χ4v) is 1.91. The first-order chi connectivity index (χ1) is 9.52. The number of aromatic nitrogens is 2. The van der Waals surface area contributed by atoms with E-state index in [0.29, 0.717) is 6.54 Å². The number of esters is 1. The number of aryl methyl sites for hydroxylation is 1. The lowest BCUT2D eigenvalue weighted by atomic mass is 10.2. The van der Waals surface area contributed by atoms with Crippen LogP contribution in [0.25, 0.3) is 0 Å². The average Bonchev–Trinajstić information content (AvgIpc) is 3.07. The largest absolute Gasteiger partial charge is 0.463 e. The van der Waals surface area contributed by atoms with Crippen molar-refractivity contribution in [3.8, 4) is 0 Å². The van der Waals surface area contributed by atoms with Crippen LogP contribution >= 0.6 is 0 Å². The highest BCUT2D eigenvalue weighted by atomic mass is 16.5. The van der Waals surface area contributed by atoms with Gasteiger partial charge in [-0.15, -0.1) is 0 Å². The molecular formula is C14H19N3O3. The molecule has 0 saturated carbocycles. The third-order valence-electron chi connectivity index (χ3n) is 3.40. The van der Waals surface area contributed by atoms with Gasteiger partial charge in [0.25, 0.3) is 0 Å². The molecule has 0 bridgehead atoms. The lowest BCUT2D eigenvalue weighted by Crippen LogP contribution is -2.23. The van der Waals surface area contributed by atoms with Gasteiger partial charge in [-0.2, -0.15) is 0 Å². The molecule has 0 amide bonds. The molecule has 0 aliphatic carbocycles. The van der Waals surface area contributed by atoms with Crippen molar-refractivity contribution >= 4 is 5.97 Å². The molecule has 1 atom stereocenters. The van der Waals surface area contributed by atoms with Crippen LogP contribution in [0.15, 0.2) is 28.9 Å². The summed E-state index contributed by atoms with van der Waals surface area (Å²) in [6.07, 6.45) is 3.69. The van der Waals surface area contributed by atoms with E-state index in [0.717, 1.165) is 11.6 Å². The average molecular weight is 277 g/mol. The highest BCUT2D eigenvalue weighted by molar-refractivity contribution is 5.86. The van der Waals surface area contributed by atoms with Gasteiger partial charge in [0.1, 0.15) is 11.6 Å². The van der Waals surface area contributed by atoms with Crippen molar-refractivity contribution in [1.82, 2.24) is 14.5 Å². The number of imidazole rings is 1. The molecule has 0 aromatic carbocycles. The molecule has 1 unspecified atom stereocenters. The zero-order chi connectivity index (χ0) is 14.7. The molecule has 0 fully saturated rings. The molecule has 6 heteroatoms. The monoisotopic (exact) mass is 277 g/mol. The van der Waals surface area contributed by atoms with Gasteiger partial charge in [-0.05, 0) is 26.1 Å². The van der Waals surface area contributed by atoms with Gasteiger partial charge >= 0.3 is 5.97 Å². The van der Waals surface area contributed by atoms with Crippen molar-refractivity contribution in [1.29, 1.82) is 0 Å². The van der Waals surface area contributed by atoms with Crippen molar-refractivity contribution in [3.63, 3.8) is 0 Å². The quantitative estimate of drug-likeness (QED) is 0.782. The highest BCUT2D eigenvalue weighted by Gasteiger charge is 2.19. The third-order valence-corrected chi connectivity index (χ3v) is 3.40. The summed E-state index contributed by atoms with van der Waals surface area (Å²) in [4.78, 5) is 17.8. The summed E-state index contributed by atoms with van der Waals surface area (Å²) < 4.78 is 12.1. The minimum atomic E-state index is -0.463. The summed E-state index contributed by atoms with van der Waals surface area (Å²) in [7, 11) is 5.28. The molecule has 0 aliphatic heterocycles. The molecule has 6 nitrogen and oxygen atoms in total. The first-order valence-corrected chi connectivity index (χ1v) is 6.37. The summed E-state index contributed by atoms with van der Waals surface area (Å²) in [6.45, 7) is 2.71. The van der Waals surface area contributed by atoms with E-state index >= 15 is 0 Å². The second kappa shape index (κ2) is 5.92. The van der Waals surface area contributed by atoms with Crippen LogP contribution in [0.2, 0.25) is 0 Å². The van der Waals surface area contributed by atoms with E-state index in [1.807, 2.05) is 31.8 Å². The number of rotatable bonds is 5. The number of furan rings is 1. The number of hydrogen-bond acceptors (Lipinski definition) is 5. The van der Waals surface area contributed by atoms with Crippen LogP contribution in [0.1, 0.15) is 35.1 Å². The molecule has 2 rings (SSSR count). The lowest BCUT2D eigenvalue weighted by Gasteiger charge is -2.22. The topological polar surface area (TPSA) is 60.5 Å². The molecule has 0 radical (unpaired) electrons. The summed E-state index contributed by atoms with van der Waals surface area (Å²) in [5.41, 5.74) is 0. The van der Waals surface area contributed by atoms with Gasteiger partial charge in [-0.1, -0.05) is 0 Å². The van der Waals surface area contributed by atoms with Gasteiger partial charge in [-0.3, -0.25) is 4.90 Å². The van der Waals surface area contributed by atoms with E-state index in [4.69, 9.17) is 4.42 Å². The normalized spacial score (nSPS) is 12.7. The minimum Gasteiger partial charge on any atom is -0.463 e. The smallest absolute Gasteiger partial charge is 0.373 e. The fraction of sp³-hybridized carbons (Fsp3) is 0.429. The molecule has 2 heterocycles. The highest BCUT2D eigenvalue weighted by Crippen LogP contribution is 2.22. The van der Waals surface area contributed by atoms with Gasteiger partial charge < -0.3 is 13.7 Å². The molecule has 0 aliphatic rings. The van der Waals surface area contributed by atoms with Gasteiger partial charge in [-0.25, -0.2) is 9.78 Å². The summed E-state index contributed by atoms with van der Waals surface area (Å²) in [6, 6.07) is 3.46. The van der Waals surface area contributed by atoms with Crippen molar-refractivity contribution < 1.29 is 13.9 Å². The Morgan fingerprint density at radius 1 is 1.55 bits per heavy atom. The number of nitrogens with zero attached hydrogens (tertiary/aromatic N) is 3. The fourth-order valence-electron chi connectivity index (χ4n) is 1.91. The van der Waals surface area contributed by atoms with Gasteiger partial charge in [0.2, 0.25) is 5.76 Å². The number of carbonyl (C=O) groups excluding carboxylic acids is 1. The van der Waals surface area contributed by atoms with Crippen molar-refractivity contribution in [2.75, 3.05) is 14.2 Å². The Balaban J connectivity index is 2.06. The molecular weight excluding hydrogens is 258 g/mol. The zero-order valence-electron chi connectivity index (χ0n) is 12.2. The predicted octanol–water partition coefficient (Wildman–Crippen LogP) is 1.99. The molecule has 20 heavy (non-hydrogen) atoms. The van der Waals surface area contributed by atoms with E-state index < -0.39 is 5.97 Å². The van der Waals surface area contributed by atoms with Crippen LogP contribution < -0.4 is 0 Å². The SMILES string of the molecule is COC(=O)c1ccc(C(C)N(C)Cc2nccn2C)o1. The van der Waals surface area contributed by atoms with E-state index in [-0.39, 0.29) is 11.8 Å². The number of carbonyl (C=O) groups is 1. The van der Waals surface area contributed by atoms with Crippen LogP contribution in [-0.4, -0.2) is 34.6 Å². The molecule has 2 aromatic heterocycles. The van der Waals surface area contributed by atoms with Crippen LogP contribution in [0.4, 0.5) is 0 Å². The first-order valence-electron chi connectivity index (χ1n) is 6.37. The summed E-state index contributed by atoms with van der Waals surface area (Å²) in [5, 5.41) is 0. The Morgan fingerprint density at radius 2 is 2.30 bits per heavy atom. The van der Waals surface area contributed by atoms with E-state index in [1.165, 1.54) is 7.11 Å². The predicted molar refractivity (Wildman–Crippen MR) is 73.1 cm³/mol. The molecule has 0 saturated heterocycles. The van der Waals surface area contributed by atoms with E-state index in [9.17, 15) is 4.79 Å². The zero-order valence-corrected chi connectivity index (χ0v) is 12.2. The second-order valence-corrected chi connectivity index (χ2v) is 4.74. The van der Waals surface area contributed by atoms with Gasteiger partial charge in [0.05, 0.1) is 19.7 Å². The third kappa shape index (κ3) is 2.91. The van der Waals surface area contributed by atoms with E-state index in [2.05, 4.69) is 14.6 Å². The summed E-state index contributed by atoms with van der Waals surface area (Å²) in [5.74, 6) is 1.45. The molecule has 108 valence electrons. The standard InChI is InChI=1S/C14H19N3O3/c1-10(11-5-6-12(20-11)14(18)19-4)17(3)9-13-15-7-8-16(13)2/h5-8,10H,9H2,1-4H3. The number of hydrogen-bond donors (Lipinski definition) is 0. The first kappa shape index (κ1) is 14.3. The molecule has 2 aromatic rings. The number of methoxy groups -OCH3 is 1. The molecule has 0 spiro atoms. The lowest BCUT2D eigenvalue weighted by molar-refractivity contribution is 0.0559. The minimum absolute atomic E-state index is 0.0325. The second-order valence-electron chi connectivity index (χ2n) is 4.74. The number of ether oxygens (including phenoxy) is 1. The van der Waals surface area contributed by atoms with Gasteiger partial charge in [0.15, 0.2) is 0 Å². The maximum atomic E-state index is 11.4. The Morgan fingerprint density at radius 3 is 2.90 bits per heavy atom. The maximum absolute atomic E-state index is 11.4. The van der Waals surface area contributed by atoms with Crippen LogP contribution in [0.5, 0.6) is 0 Å². The van der Waals surface area contributed by atoms with Crippen molar-refractivity contribution in [2.24, 2.45) is 7.05 Å². The Hall–Kier alpha value is -2.08. The van der Waals surface area contributed by atoms with Crippen LogP contribution in [0.3, 0.4) is 0 Å². The van der Waals surface area contributed by atoms with Crippen LogP contribution in [0, 0.1) is 0 Å². The van der Waals surface area contributed by atoms with E-state index in [1.54, 1.807) is 18.3 Å². The Kier molecular flexibility index (Phi) is 4.24.